The molecule has 0 bridgehead atoms. The summed E-state index contributed by atoms with van der Waals surface area (Å²) in [6.07, 6.45) is 8.68. The van der Waals surface area contributed by atoms with Gasteiger partial charge in [0.1, 0.15) is 0 Å². The second-order valence-electron chi connectivity index (χ2n) is 7.12. The van der Waals surface area contributed by atoms with Crippen molar-refractivity contribution < 1.29 is 14.4 Å². The third-order valence-corrected chi connectivity index (χ3v) is 5.54. The maximum Gasteiger partial charge on any atom is 0.233 e. The van der Waals surface area contributed by atoms with Crippen molar-refractivity contribution in [1.29, 1.82) is 0 Å². The molecule has 0 radical (unpaired) electrons. The zero-order valence-corrected chi connectivity index (χ0v) is 14.2. The molecule has 130 valence electrons. The number of fused-ring (bicyclic) bond motifs is 2. The van der Waals surface area contributed by atoms with Gasteiger partial charge in [0.05, 0.1) is 11.8 Å². The normalized spacial score (nSPS) is 24.4. The quantitative estimate of drug-likeness (QED) is 0.677. The van der Waals surface area contributed by atoms with Crippen LogP contribution in [0.2, 0.25) is 0 Å². The van der Waals surface area contributed by atoms with Gasteiger partial charge in [0.2, 0.25) is 17.7 Å². The molecule has 3 aliphatic rings. The fraction of sp³-hybridized carbons (Fsp3) is 0.450. The second kappa shape index (κ2) is 6.47. The molecule has 0 aromatic heterocycles. The molecule has 1 aliphatic heterocycles. The van der Waals surface area contributed by atoms with E-state index in [1.165, 1.54) is 22.4 Å². The first kappa shape index (κ1) is 16.1. The van der Waals surface area contributed by atoms with Crippen LogP contribution < -0.4 is 5.32 Å². The fourth-order valence-electron chi connectivity index (χ4n) is 4.18. The number of benzene rings is 1. The van der Waals surface area contributed by atoms with Gasteiger partial charge in [-0.15, -0.1) is 0 Å². The highest BCUT2D eigenvalue weighted by molar-refractivity contribution is 6.05. The number of carbonyl (C=O) groups is 3. The van der Waals surface area contributed by atoms with Gasteiger partial charge in [0, 0.05) is 18.7 Å². The van der Waals surface area contributed by atoms with Gasteiger partial charge in [-0.05, 0) is 55.4 Å². The molecule has 1 N–H and O–H groups in total. The van der Waals surface area contributed by atoms with Gasteiger partial charge in [0.15, 0.2) is 0 Å². The minimum Gasteiger partial charge on any atom is -0.326 e. The first-order chi connectivity index (χ1) is 12.1. The Morgan fingerprint density at radius 3 is 2.44 bits per heavy atom. The Labute approximate surface area is 147 Å². The molecule has 2 atom stereocenters. The van der Waals surface area contributed by atoms with E-state index in [0.29, 0.717) is 12.8 Å². The van der Waals surface area contributed by atoms with Crippen molar-refractivity contribution in [1.82, 2.24) is 4.90 Å². The van der Waals surface area contributed by atoms with Crippen LogP contribution in [-0.4, -0.2) is 29.2 Å². The summed E-state index contributed by atoms with van der Waals surface area (Å²) in [6.45, 7) is 0.168. The predicted octanol–water partition coefficient (Wildman–Crippen LogP) is 2.46. The van der Waals surface area contributed by atoms with Crippen LogP contribution in [0.15, 0.2) is 30.4 Å². The lowest BCUT2D eigenvalue weighted by Gasteiger charge is -2.14. The second-order valence-corrected chi connectivity index (χ2v) is 7.12. The number of anilines is 1. The number of amides is 3. The highest BCUT2D eigenvalue weighted by Crippen LogP contribution is 2.35. The molecule has 3 amide bonds. The van der Waals surface area contributed by atoms with Crippen LogP contribution in [0, 0.1) is 11.8 Å². The number of imide groups is 1. The largest absolute Gasteiger partial charge is 0.326 e. The molecule has 4 rings (SSSR count). The molecule has 1 aromatic rings. The molecule has 5 nitrogen and oxygen atoms in total. The molecule has 1 heterocycles. The third kappa shape index (κ3) is 2.99. The molecular formula is C20H22N2O3. The summed E-state index contributed by atoms with van der Waals surface area (Å²) in [5.41, 5.74) is 3.46. The van der Waals surface area contributed by atoms with E-state index in [-0.39, 0.29) is 42.5 Å². The summed E-state index contributed by atoms with van der Waals surface area (Å²) in [4.78, 5) is 38.3. The van der Waals surface area contributed by atoms with E-state index >= 15 is 0 Å². The number of nitrogens with zero attached hydrogens (tertiary/aromatic N) is 1. The first-order valence-corrected chi connectivity index (χ1v) is 9.05. The number of nitrogens with one attached hydrogen (secondary N) is 1. The van der Waals surface area contributed by atoms with E-state index in [2.05, 4.69) is 11.4 Å². The summed E-state index contributed by atoms with van der Waals surface area (Å²) in [5, 5.41) is 2.89. The van der Waals surface area contributed by atoms with Gasteiger partial charge in [-0.3, -0.25) is 19.3 Å². The minimum absolute atomic E-state index is 0.121. The summed E-state index contributed by atoms with van der Waals surface area (Å²) in [7, 11) is 0. The molecule has 25 heavy (non-hydrogen) atoms. The van der Waals surface area contributed by atoms with Gasteiger partial charge < -0.3 is 5.32 Å². The lowest BCUT2D eigenvalue weighted by atomic mass is 9.85. The number of hydrogen-bond acceptors (Lipinski definition) is 3. The molecule has 5 heteroatoms. The van der Waals surface area contributed by atoms with Gasteiger partial charge >= 0.3 is 0 Å². The average molecular weight is 338 g/mol. The Hall–Kier alpha value is -2.43. The predicted molar refractivity (Wildman–Crippen MR) is 93.8 cm³/mol. The highest BCUT2D eigenvalue weighted by atomic mass is 16.2. The molecule has 0 unspecified atom stereocenters. The van der Waals surface area contributed by atoms with E-state index in [1.54, 1.807) is 0 Å². The maximum atomic E-state index is 12.4. The van der Waals surface area contributed by atoms with Gasteiger partial charge in [0.25, 0.3) is 0 Å². The van der Waals surface area contributed by atoms with Crippen LogP contribution in [0.4, 0.5) is 5.69 Å². The number of carbonyl (C=O) groups excluding carboxylic acids is 3. The number of aryl methyl sites for hydroxylation is 2. The number of allylic oxidation sites excluding steroid dienone is 2. The number of hydrogen-bond donors (Lipinski definition) is 1. The minimum atomic E-state index is -0.225. The van der Waals surface area contributed by atoms with Crippen LogP contribution in [0.3, 0.4) is 0 Å². The maximum absolute atomic E-state index is 12.4. The monoisotopic (exact) mass is 338 g/mol. The molecule has 0 saturated carbocycles. The van der Waals surface area contributed by atoms with Crippen molar-refractivity contribution in [3.8, 4) is 0 Å². The molecule has 1 fully saturated rings. The zero-order valence-electron chi connectivity index (χ0n) is 14.2. The molecule has 2 aliphatic carbocycles. The van der Waals surface area contributed by atoms with Crippen LogP contribution in [0.1, 0.15) is 36.8 Å². The van der Waals surface area contributed by atoms with Crippen molar-refractivity contribution in [3.63, 3.8) is 0 Å². The topological polar surface area (TPSA) is 66.5 Å². The smallest absolute Gasteiger partial charge is 0.233 e. The van der Waals surface area contributed by atoms with Crippen molar-refractivity contribution in [2.24, 2.45) is 11.8 Å². The SMILES string of the molecule is O=C(CCN1C(=O)[C@H]2CC=CC[C@H]2C1=O)Nc1ccc2c(c1)CCC2. The van der Waals surface area contributed by atoms with Gasteiger partial charge in [-0.2, -0.15) is 0 Å². The Morgan fingerprint density at radius 2 is 1.72 bits per heavy atom. The summed E-state index contributed by atoms with van der Waals surface area (Å²) in [6, 6.07) is 6.03. The van der Waals surface area contributed by atoms with Crippen molar-refractivity contribution in [3.05, 3.63) is 41.5 Å². The standard InChI is InChI=1S/C20H22N2O3/c23-18(21-15-9-8-13-4-3-5-14(13)12-15)10-11-22-19(24)16-6-1-2-7-17(16)20(22)25/h1-2,8-9,12,16-17H,3-7,10-11H2,(H,21,23)/t16-,17+. The molecule has 0 spiro atoms. The lowest BCUT2D eigenvalue weighted by Crippen LogP contribution is -2.34. The average Bonchev–Trinajstić information content (AvgIpc) is 3.17. The van der Waals surface area contributed by atoms with E-state index in [0.717, 1.165) is 18.5 Å². The Bertz CT molecular complexity index is 742. The fourth-order valence-corrected chi connectivity index (χ4v) is 4.18. The summed E-state index contributed by atoms with van der Waals surface area (Å²) in [5.74, 6) is -0.851. The van der Waals surface area contributed by atoms with Gasteiger partial charge in [-0.25, -0.2) is 0 Å². The van der Waals surface area contributed by atoms with E-state index in [4.69, 9.17) is 0 Å². The van der Waals surface area contributed by atoms with Gasteiger partial charge in [-0.1, -0.05) is 18.2 Å². The molecule has 1 saturated heterocycles. The highest BCUT2D eigenvalue weighted by Gasteiger charge is 2.46. The summed E-state index contributed by atoms with van der Waals surface area (Å²) >= 11 is 0. The van der Waals surface area contributed by atoms with Crippen LogP contribution in [0.5, 0.6) is 0 Å². The number of rotatable bonds is 4. The van der Waals surface area contributed by atoms with E-state index in [1.807, 2.05) is 24.3 Å². The third-order valence-electron chi connectivity index (χ3n) is 5.54. The zero-order chi connectivity index (χ0) is 17.4. The Balaban J connectivity index is 1.34. The van der Waals surface area contributed by atoms with Crippen molar-refractivity contribution >= 4 is 23.4 Å². The number of likely N-dealkylation sites (tertiary alicyclic amines) is 1. The van der Waals surface area contributed by atoms with Crippen molar-refractivity contribution in [2.75, 3.05) is 11.9 Å². The molecule has 1 aromatic carbocycles. The van der Waals surface area contributed by atoms with Crippen molar-refractivity contribution in [2.45, 2.75) is 38.5 Å². The summed E-state index contributed by atoms with van der Waals surface area (Å²) < 4.78 is 0. The van der Waals surface area contributed by atoms with E-state index in [9.17, 15) is 14.4 Å². The van der Waals surface area contributed by atoms with E-state index < -0.39 is 0 Å². The first-order valence-electron chi connectivity index (χ1n) is 9.05. The van der Waals surface area contributed by atoms with Crippen LogP contribution in [-0.2, 0) is 27.2 Å². The molecular weight excluding hydrogens is 316 g/mol. The van der Waals surface area contributed by atoms with Crippen LogP contribution >= 0.6 is 0 Å². The lowest BCUT2D eigenvalue weighted by molar-refractivity contribution is -0.140. The van der Waals surface area contributed by atoms with Crippen LogP contribution in [0.25, 0.3) is 0 Å². The Kier molecular flexibility index (Phi) is 4.15. The Morgan fingerprint density at radius 1 is 1.04 bits per heavy atom.